The molecular formula is C20H23N3O3. The second-order valence-corrected chi connectivity index (χ2v) is 7.20. The standard InChI is InChI=1S/C20H23N3O3/c1-20(25)8-10-23(11-9-20)16-5-2-14(3-6-16)21-15-4-7-17-18(12-15)26-13-19(24)22-17/h2-7,12,21,25H,8-11,13H2,1H3,(H,22,24). The van der Waals surface area contributed by atoms with Crippen molar-refractivity contribution in [1.82, 2.24) is 0 Å². The lowest BCUT2D eigenvalue weighted by Gasteiger charge is -2.37. The zero-order chi connectivity index (χ0) is 18.1. The van der Waals surface area contributed by atoms with Crippen LogP contribution in [0.5, 0.6) is 5.75 Å². The number of anilines is 4. The first-order valence-electron chi connectivity index (χ1n) is 8.90. The molecule has 0 unspecified atom stereocenters. The molecule has 26 heavy (non-hydrogen) atoms. The molecule has 1 fully saturated rings. The van der Waals surface area contributed by atoms with Crippen LogP contribution < -0.4 is 20.3 Å². The molecule has 2 heterocycles. The van der Waals surface area contributed by atoms with Gasteiger partial charge in [-0.05, 0) is 56.2 Å². The Morgan fingerprint density at radius 2 is 1.81 bits per heavy atom. The quantitative estimate of drug-likeness (QED) is 0.791. The van der Waals surface area contributed by atoms with Crippen molar-refractivity contribution >= 4 is 28.7 Å². The van der Waals surface area contributed by atoms with E-state index in [1.165, 1.54) is 5.69 Å². The summed E-state index contributed by atoms with van der Waals surface area (Å²) in [5.41, 5.74) is 3.22. The number of fused-ring (bicyclic) bond motifs is 1. The van der Waals surface area contributed by atoms with Gasteiger partial charge in [0.05, 0.1) is 11.3 Å². The number of hydrogen-bond donors (Lipinski definition) is 3. The molecule has 0 atom stereocenters. The van der Waals surface area contributed by atoms with Crippen LogP contribution >= 0.6 is 0 Å². The van der Waals surface area contributed by atoms with E-state index in [-0.39, 0.29) is 12.5 Å². The molecule has 0 spiro atoms. The van der Waals surface area contributed by atoms with Crippen LogP contribution in [-0.4, -0.2) is 36.3 Å². The molecule has 0 saturated carbocycles. The molecule has 2 aromatic carbocycles. The minimum Gasteiger partial charge on any atom is -0.482 e. The predicted octanol–water partition coefficient (Wildman–Crippen LogP) is 3.11. The Kier molecular flexibility index (Phi) is 4.20. The monoisotopic (exact) mass is 353 g/mol. The third kappa shape index (κ3) is 3.60. The summed E-state index contributed by atoms with van der Waals surface area (Å²) in [5, 5.41) is 16.2. The van der Waals surface area contributed by atoms with Crippen molar-refractivity contribution in [2.24, 2.45) is 0 Å². The Morgan fingerprint density at radius 3 is 2.54 bits per heavy atom. The minimum atomic E-state index is -0.536. The van der Waals surface area contributed by atoms with E-state index in [2.05, 4.69) is 27.7 Å². The number of rotatable bonds is 3. The van der Waals surface area contributed by atoms with Gasteiger partial charge in [-0.1, -0.05) is 0 Å². The third-order valence-corrected chi connectivity index (χ3v) is 4.98. The summed E-state index contributed by atoms with van der Waals surface area (Å²) >= 11 is 0. The Morgan fingerprint density at radius 1 is 1.12 bits per heavy atom. The molecular weight excluding hydrogens is 330 g/mol. The van der Waals surface area contributed by atoms with Gasteiger partial charge in [-0.25, -0.2) is 0 Å². The molecule has 0 bridgehead atoms. The number of nitrogens with zero attached hydrogens (tertiary/aromatic N) is 1. The van der Waals surface area contributed by atoms with Crippen LogP contribution in [0.4, 0.5) is 22.7 Å². The van der Waals surface area contributed by atoms with E-state index in [0.29, 0.717) is 11.4 Å². The van der Waals surface area contributed by atoms with Gasteiger partial charge in [0, 0.05) is 36.2 Å². The highest BCUT2D eigenvalue weighted by Crippen LogP contribution is 2.32. The molecule has 6 nitrogen and oxygen atoms in total. The molecule has 1 saturated heterocycles. The summed E-state index contributed by atoms with van der Waals surface area (Å²) in [6.45, 7) is 3.69. The van der Waals surface area contributed by atoms with E-state index in [1.54, 1.807) is 0 Å². The maximum Gasteiger partial charge on any atom is 0.262 e. The highest BCUT2D eigenvalue weighted by molar-refractivity contribution is 5.95. The van der Waals surface area contributed by atoms with Crippen LogP contribution in [0.25, 0.3) is 0 Å². The average molecular weight is 353 g/mol. The van der Waals surface area contributed by atoms with Crippen molar-refractivity contribution < 1.29 is 14.6 Å². The van der Waals surface area contributed by atoms with E-state index < -0.39 is 5.60 Å². The molecule has 2 aliphatic heterocycles. The number of aliphatic hydroxyl groups is 1. The number of amides is 1. The number of carbonyl (C=O) groups is 1. The topological polar surface area (TPSA) is 73.8 Å². The van der Waals surface area contributed by atoms with Gasteiger partial charge < -0.3 is 25.4 Å². The molecule has 4 rings (SSSR count). The van der Waals surface area contributed by atoms with Crippen molar-refractivity contribution in [3.8, 4) is 5.75 Å². The van der Waals surface area contributed by atoms with Crippen molar-refractivity contribution in [3.63, 3.8) is 0 Å². The largest absolute Gasteiger partial charge is 0.482 e. The maximum atomic E-state index is 11.3. The lowest BCUT2D eigenvalue weighted by molar-refractivity contribution is -0.118. The number of ether oxygens (including phenoxy) is 1. The summed E-state index contributed by atoms with van der Waals surface area (Å²) in [4.78, 5) is 13.6. The van der Waals surface area contributed by atoms with Crippen LogP contribution in [0.3, 0.4) is 0 Å². The Balaban J connectivity index is 1.42. The molecule has 2 aliphatic rings. The summed E-state index contributed by atoms with van der Waals surface area (Å²) in [7, 11) is 0. The van der Waals surface area contributed by atoms with Crippen LogP contribution in [0, 0.1) is 0 Å². The first-order chi connectivity index (χ1) is 12.5. The second kappa shape index (κ2) is 6.53. The van der Waals surface area contributed by atoms with Crippen LogP contribution in [0.1, 0.15) is 19.8 Å². The Labute approximate surface area is 152 Å². The van der Waals surface area contributed by atoms with Crippen molar-refractivity contribution in [1.29, 1.82) is 0 Å². The number of piperidine rings is 1. The second-order valence-electron chi connectivity index (χ2n) is 7.20. The summed E-state index contributed by atoms with van der Waals surface area (Å²) in [5.74, 6) is 0.541. The minimum absolute atomic E-state index is 0.0495. The maximum absolute atomic E-state index is 11.3. The van der Waals surface area contributed by atoms with E-state index in [9.17, 15) is 9.90 Å². The van der Waals surface area contributed by atoms with Crippen LogP contribution in [0.2, 0.25) is 0 Å². The first-order valence-corrected chi connectivity index (χ1v) is 8.90. The highest BCUT2D eigenvalue weighted by atomic mass is 16.5. The molecule has 0 aromatic heterocycles. The van der Waals surface area contributed by atoms with Gasteiger partial charge in [0.15, 0.2) is 6.61 Å². The van der Waals surface area contributed by atoms with Gasteiger partial charge in [-0.3, -0.25) is 4.79 Å². The smallest absolute Gasteiger partial charge is 0.262 e. The van der Waals surface area contributed by atoms with Crippen molar-refractivity contribution in [3.05, 3.63) is 42.5 Å². The molecule has 136 valence electrons. The molecule has 0 aliphatic carbocycles. The lowest BCUT2D eigenvalue weighted by atomic mass is 9.93. The fraction of sp³-hybridized carbons (Fsp3) is 0.350. The van der Waals surface area contributed by atoms with Gasteiger partial charge in [0.1, 0.15) is 5.75 Å². The van der Waals surface area contributed by atoms with Gasteiger partial charge in [-0.2, -0.15) is 0 Å². The number of benzene rings is 2. The molecule has 1 amide bonds. The molecule has 2 aromatic rings. The zero-order valence-corrected chi connectivity index (χ0v) is 14.8. The van der Waals surface area contributed by atoms with Crippen LogP contribution in [-0.2, 0) is 4.79 Å². The van der Waals surface area contributed by atoms with E-state index in [0.717, 1.165) is 37.3 Å². The first kappa shape index (κ1) is 16.7. The van der Waals surface area contributed by atoms with E-state index in [1.807, 2.05) is 37.3 Å². The molecule has 6 heteroatoms. The SMILES string of the molecule is CC1(O)CCN(c2ccc(Nc3ccc4c(c3)OCC(=O)N4)cc2)CC1. The highest BCUT2D eigenvalue weighted by Gasteiger charge is 2.27. The van der Waals surface area contributed by atoms with E-state index in [4.69, 9.17) is 4.74 Å². The van der Waals surface area contributed by atoms with Gasteiger partial charge in [0.2, 0.25) is 0 Å². The van der Waals surface area contributed by atoms with Crippen molar-refractivity contribution in [2.75, 3.05) is 35.2 Å². The fourth-order valence-electron chi connectivity index (χ4n) is 3.32. The summed E-state index contributed by atoms with van der Waals surface area (Å²) in [6.07, 6.45) is 1.58. The molecule has 3 N–H and O–H groups in total. The fourth-order valence-corrected chi connectivity index (χ4v) is 3.32. The summed E-state index contributed by atoms with van der Waals surface area (Å²) < 4.78 is 5.45. The Bertz CT molecular complexity index is 808. The van der Waals surface area contributed by atoms with Gasteiger partial charge in [0.25, 0.3) is 5.91 Å². The Hall–Kier alpha value is -2.73. The number of nitrogens with one attached hydrogen (secondary N) is 2. The average Bonchev–Trinajstić information content (AvgIpc) is 2.63. The van der Waals surface area contributed by atoms with Crippen molar-refractivity contribution in [2.45, 2.75) is 25.4 Å². The summed E-state index contributed by atoms with van der Waals surface area (Å²) in [6, 6.07) is 13.9. The molecule has 0 radical (unpaired) electrons. The lowest BCUT2D eigenvalue weighted by Crippen LogP contribution is -2.42. The predicted molar refractivity (Wildman–Crippen MR) is 102 cm³/mol. The van der Waals surface area contributed by atoms with E-state index >= 15 is 0 Å². The number of carbonyl (C=O) groups excluding carboxylic acids is 1. The van der Waals surface area contributed by atoms with Gasteiger partial charge >= 0.3 is 0 Å². The number of hydrogen-bond acceptors (Lipinski definition) is 5. The van der Waals surface area contributed by atoms with Gasteiger partial charge in [-0.15, -0.1) is 0 Å². The third-order valence-electron chi connectivity index (χ3n) is 4.98. The normalized spacial score (nSPS) is 18.5. The van der Waals surface area contributed by atoms with Crippen LogP contribution in [0.15, 0.2) is 42.5 Å². The zero-order valence-electron chi connectivity index (χ0n) is 14.8.